The van der Waals surface area contributed by atoms with Crippen molar-refractivity contribution in [3.63, 3.8) is 0 Å². The number of hydrogen-bond donors (Lipinski definition) is 3. The number of benzene rings is 2. The molecule has 3 aliphatic heterocycles. The maximum Gasteiger partial charge on any atom is 0.237 e. The van der Waals surface area contributed by atoms with Crippen LogP contribution >= 0.6 is 23.2 Å². The van der Waals surface area contributed by atoms with Crippen molar-refractivity contribution < 1.29 is 14.0 Å². The Morgan fingerprint density at radius 1 is 1.13 bits per heavy atom. The molecular formula is C31H38Cl2FN3O2. The van der Waals surface area contributed by atoms with E-state index in [0.717, 1.165) is 44.3 Å². The van der Waals surface area contributed by atoms with Gasteiger partial charge in [0.15, 0.2) is 0 Å². The highest BCUT2D eigenvalue weighted by molar-refractivity contribution is 6.31. The number of carbonyl (C=O) groups excluding carboxylic acids is 2. The highest BCUT2D eigenvalue weighted by Gasteiger charge is 2.65. The lowest BCUT2D eigenvalue weighted by atomic mass is 9.62. The molecule has 0 bridgehead atoms. The van der Waals surface area contributed by atoms with E-state index >= 15 is 4.39 Å². The molecule has 4 atom stereocenters. The van der Waals surface area contributed by atoms with Gasteiger partial charge in [-0.25, -0.2) is 4.39 Å². The summed E-state index contributed by atoms with van der Waals surface area (Å²) in [5, 5.41) is 10.5. The molecule has 0 aromatic heterocycles. The smallest absolute Gasteiger partial charge is 0.237 e. The highest BCUT2D eigenvalue weighted by Crippen LogP contribution is 2.57. The minimum Gasteiger partial charge on any atom is -0.325 e. The normalized spacial score (nSPS) is 27.1. The molecule has 1 spiro atoms. The standard InChI is InChI=1S/C31H38Cl2FN3O2/c1-30(2,3)17-25-31(21-11-10-19(32)16-23(21)36-29(31)39)26(20-7-5-8-22(33)27(20)34)28(37-25)24(38)9-4-6-18-12-14-35-15-13-18/h5,7-8,10-11,16,18,25-26,28,35,37H,4,6,9,12-15,17H2,1-3H3,(H,36,39)/t25-,26+,28+,31+/m1/s1. The van der Waals surface area contributed by atoms with Gasteiger partial charge < -0.3 is 16.0 Å². The van der Waals surface area contributed by atoms with Crippen LogP contribution in [0.1, 0.15) is 76.3 Å². The second kappa shape index (κ2) is 11.1. The minimum atomic E-state index is -1.20. The summed E-state index contributed by atoms with van der Waals surface area (Å²) in [7, 11) is 0. The van der Waals surface area contributed by atoms with Crippen molar-refractivity contribution in [2.45, 2.75) is 82.7 Å². The zero-order valence-electron chi connectivity index (χ0n) is 22.9. The van der Waals surface area contributed by atoms with E-state index in [4.69, 9.17) is 23.2 Å². The second-order valence-corrected chi connectivity index (χ2v) is 13.5. The van der Waals surface area contributed by atoms with E-state index in [0.29, 0.717) is 35.0 Å². The van der Waals surface area contributed by atoms with Gasteiger partial charge in [0, 0.05) is 29.1 Å². The van der Waals surface area contributed by atoms with Crippen molar-refractivity contribution in [2.24, 2.45) is 11.3 Å². The zero-order chi connectivity index (χ0) is 27.9. The van der Waals surface area contributed by atoms with Crippen LogP contribution in [0.4, 0.5) is 10.1 Å². The van der Waals surface area contributed by atoms with Crippen LogP contribution in [0, 0.1) is 17.2 Å². The fourth-order valence-corrected chi connectivity index (χ4v) is 7.45. The Kier molecular flexibility index (Phi) is 8.13. The molecule has 3 N–H and O–H groups in total. The predicted octanol–water partition coefficient (Wildman–Crippen LogP) is 6.62. The lowest BCUT2D eigenvalue weighted by Gasteiger charge is -2.37. The fraction of sp³-hybridized carbons (Fsp3) is 0.548. The first kappa shape index (κ1) is 28.5. The number of carbonyl (C=O) groups is 2. The van der Waals surface area contributed by atoms with Gasteiger partial charge in [-0.15, -0.1) is 0 Å². The first-order valence-electron chi connectivity index (χ1n) is 14.1. The third-order valence-corrected chi connectivity index (χ3v) is 9.31. The van der Waals surface area contributed by atoms with Crippen molar-refractivity contribution in [3.05, 3.63) is 63.4 Å². The summed E-state index contributed by atoms with van der Waals surface area (Å²) in [5.41, 5.74) is 0.284. The molecule has 2 aromatic rings. The van der Waals surface area contributed by atoms with Gasteiger partial charge in [-0.2, -0.15) is 0 Å². The van der Waals surface area contributed by atoms with E-state index in [2.05, 4.69) is 36.7 Å². The third-order valence-electron chi connectivity index (χ3n) is 8.78. The first-order valence-corrected chi connectivity index (χ1v) is 14.8. The lowest BCUT2D eigenvalue weighted by Crippen LogP contribution is -2.49. The predicted molar refractivity (Wildman–Crippen MR) is 155 cm³/mol. The van der Waals surface area contributed by atoms with E-state index in [9.17, 15) is 9.59 Å². The summed E-state index contributed by atoms with van der Waals surface area (Å²) >= 11 is 12.6. The fourth-order valence-electron chi connectivity index (χ4n) is 7.09. The van der Waals surface area contributed by atoms with Crippen molar-refractivity contribution in [1.82, 2.24) is 10.6 Å². The van der Waals surface area contributed by atoms with Gasteiger partial charge >= 0.3 is 0 Å². The molecule has 39 heavy (non-hydrogen) atoms. The summed E-state index contributed by atoms with van der Waals surface area (Å²) in [6.07, 6.45) is 5.02. The van der Waals surface area contributed by atoms with Gasteiger partial charge in [-0.1, -0.05) is 62.2 Å². The number of halogens is 3. The molecule has 210 valence electrons. The molecule has 3 heterocycles. The van der Waals surface area contributed by atoms with E-state index in [-0.39, 0.29) is 22.1 Å². The summed E-state index contributed by atoms with van der Waals surface area (Å²) in [6, 6.07) is 9.08. The molecule has 2 saturated heterocycles. The van der Waals surface area contributed by atoms with Gasteiger partial charge in [0.2, 0.25) is 5.91 Å². The Balaban J connectivity index is 1.59. The number of ketones is 1. The number of fused-ring (bicyclic) bond motifs is 2. The van der Waals surface area contributed by atoms with Gasteiger partial charge in [0.25, 0.3) is 0 Å². The Hall–Kier alpha value is -1.99. The van der Waals surface area contributed by atoms with Crippen molar-refractivity contribution in [1.29, 1.82) is 0 Å². The van der Waals surface area contributed by atoms with Crippen molar-refractivity contribution >= 4 is 40.6 Å². The van der Waals surface area contributed by atoms with Crippen LogP contribution in [-0.2, 0) is 15.0 Å². The molecule has 0 saturated carbocycles. The quantitative estimate of drug-likeness (QED) is 0.348. The summed E-state index contributed by atoms with van der Waals surface area (Å²) in [6.45, 7) is 8.38. The number of Topliss-reactive ketones (excluding diaryl/α,β-unsaturated/α-hetero) is 1. The van der Waals surface area contributed by atoms with Gasteiger partial charge in [-0.05, 0) is 85.9 Å². The van der Waals surface area contributed by atoms with E-state index < -0.39 is 29.2 Å². The Bertz CT molecular complexity index is 1260. The molecule has 3 aliphatic rings. The summed E-state index contributed by atoms with van der Waals surface area (Å²) in [5.74, 6) is -0.953. The molecule has 0 aliphatic carbocycles. The maximum absolute atomic E-state index is 15.8. The molecule has 5 rings (SSSR count). The maximum atomic E-state index is 15.8. The lowest BCUT2D eigenvalue weighted by molar-refractivity contribution is -0.122. The SMILES string of the molecule is CC(C)(C)C[C@H]1N[C@@H](C(=O)CCCC2CCNCC2)[C@H](c2cccc(Cl)c2F)[C@@]12C(=O)Nc1cc(Cl)ccc12. The molecule has 2 fully saturated rings. The Morgan fingerprint density at radius 2 is 1.87 bits per heavy atom. The van der Waals surface area contributed by atoms with Crippen molar-refractivity contribution in [2.75, 3.05) is 18.4 Å². The summed E-state index contributed by atoms with van der Waals surface area (Å²) < 4.78 is 15.8. The average Bonchev–Trinajstić information content (AvgIpc) is 3.35. The van der Waals surface area contributed by atoms with Crippen LogP contribution in [0.3, 0.4) is 0 Å². The minimum absolute atomic E-state index is 0.0132. The van der Waals surface area contributed by atoms with E-state index in [1.54, 1.807) is 24.3 Å². The molecule has 8 heteroatoms. The number of amides is 1. The highest BCUT2D eigenvalue weighted by atomic mass is 35.5. The average molecular weight is 575 g/mol. The number of piperidine rings is 1. The molecule has 2 aromatic carbocycles. The van der Waals surface area contributed by atoms with Gasteiger partial charge in [0.1, 0.15) is 17.0 Å². The number of anilines is 1. The number of nitrogens with one attached hydrogen (secondary N) is 3. The van der Waals surface area contributed by atoms with Gasteiger partial charge in [-0.3, -0.25) is 9.59 Å². The topological polar surface area (TPSA) is 70.2 Å². The van der Waals surface area contributed by atoms with Crippen LogP contribution in [0.5, 0.6) is 0 Å². The van der Waals surface area contributed by atoms with Crippen LogP contribution in [0.15, 0.2) is 36.4 Å². The van der Waals surface area contributed by atoms with E-state index in [1.807, 2.05) is 6.07 Å². The van der Waals surface area contributed by atoms with Crippen LogP contribution in [0.2, 0.25) is 10.0 Å². The van der Waals surface area contributed by atoms with Crippen LogP contribution in [0.25, 0.3) is 0 Å². The molecule has 1 amide bonds. The molecular weight excluding hydrogens is 536 g/mol. The first-order chi connectivity index (χ1) is 18.5. The van der Waals surface area contributed by atoms with Gasteiger partial charge in [0.05, 0.1) is 11.1 Å². The molecule has 0 radical (unpaired) electrons. The van der Waals surface area contributed by atoms with Crippen molar-refractivity contribution in [3.8, 4) is 0 Å². The third kappa shape index (κ3) is 5.38. The second-order valence-electron chi connectivity index (χ2n) is 12.6. The van der Waals surface area contributed by atoms with E-state index in [1.165, 1.54) is 6.07 Å². The van der Waals surface area contributed by atoms with Crippen LogP contribution < -0.4 is 16.0 Å². The number of rotatable bonds is 7. The Morgan fingerprint density at radius 3 is 2.59 bits per heavy atom. The summed E-state index contributed by atoms with van der Waals surface area (Å²) in [4.78, 5) is 28.2. The largest absolute Gasteiger partial charge is 0.325 e. The zero-order valence-corrected chi connectivity index (χ0v) is 24.4. The Labute approximate surface area is 240 Å². The van der Waals surface area contributed by atoms with Crippen LogP contribution in [-0.4, -0.2) is 36.9 Å². The molecule has 5 nitrogen and oxygen atoms in total. The molecule has 0 unspecified atom stereocenters. The number of hydrogen-bond acceptors (Lipinski definition) is 4. The monoisotopic (exact) mass is 573 g/mol.